The fourth-order valence-electron chi connectivity index (χ4n) is 3.00. The highest BCUT2D eigenvalue weighted by Crippen LogP contribution is 2.31. The Morgan fingerprint density at radius 1 is 1.22 bits per heavy atom. The van der Waals surface area contributed by atoms with Crippen molar-refractivity contribution < 1.29 is 9.15 Å². The standard InChI is InChI=1S/C18H12N2O3/c19-10-11-3-2-8-20-17(11)22-12-6-7-14-13-4-1-5-15(13)18(21)23-16(14)9-12/h2-3,6-9H,1,4-5H2. The van der Waals surface area contributed by atoms with E-state index >= 15 is 0 Å². The number of benzene rings is 1. The summed E-state index contributed by atoms with van der Waals surface area (Å²) in [6.07, 6.45) is 4.23. The van der Waals surface area contributed by atoms with E-state index < -0.39 is 0 Å². The molecule has 2 aromatic heterocycles. The molecule has 0 saturated carbocycles. The van der Waals surface area contributed by atoms with Gasteiger partial charge in [-0.05, 0) is 49.1 Å². The van der Waals surface area contributed by atoms with Gasteiger partial charge in [0.15, 0.2) is 0 Å². The Balaban J connectivity index is 1.80. The van der Waals surface area contributed by atoms with Crippen molar-refractivity contribution in [2.75, 3.05) is 0 Å². The van der Waals surface area contributed by atoms with Crippen molar-refractivity contribution in [3.05, 3.63) is 63.6 Å². The lowest BCUT2D eigenvalue weighted by molar-refractivity contribution is 0.459. The van der Waals surface area contributed by atoms with Crippen LogP contribution >= 0.6 is 0 Å². The number of nitrogens with zero attached hydrogens (tertiary/aromatic N) is 2. The first-order chi connectivity index (χ1) is 11.3. The van der Waals surface area contributed by atoms with Crippen LogP contribution in [0.4, 0.5) is 0 Å². The van der Waals surface area contributed by atoms with Gasteiger partial charge in [-0.2, -0.15) is 5.26 Å². The molecule has 0 fully saturated rings. The molecule has 2 heterocycles. The summed E-state index contributed by atoms with van der Waals surface area (Å²) < 4.78 is 11.1. The molecular weight excluding hydrogens is 292 g/mol. The van der Waals surface area contributed by atoms with Crippen LogP contribution in [0.2, 0.25) is 0 Å². The second-order valence-electron chi connectivity index (χ2n) is 5.43. The highest BCUT2D eigenvalue weighted by atomic mass is 16.5. The maximum absolute atomic E-state index is 12.0. The van der Waals surface area contributed by atoms with Crippen molar-refractivity contribution in [2.24, 2.45) is 0 Å². The summed E-state index contributed by atoms with van der Waals surface area (Å²) in [6, 6.07) is 10.7. The first kappa shape index (κ1) is 13.5. The zero-order valence-corrected chi connectivity index (χ0v) is 12.2. The molecule has 5 nitrogen and oxygen atoms in total. The molecule has 0 bridgehead atoms. The summed E-state index contributed by atoms with van der Waals surface area (Å²) in [5.41, 5.74) is 2.46. The number of aromatic nitrogens is 1. The second-order valence-corrected chi connectivity index (χ2v) is 5.43. The van der Waals surface area contributed by atoms with Gasteiger partial charge in [0.1, 0.15) is 23.0 Å². The lowest BCUT2D eigenvalue weighted by Gasteiger charge is -2.08. The monoisotopic (exact) mass is 304 g/mol. The zero-order chi connectivity index (χ0) is 15.8. The van der Waals surface area contributed by atoms with Crippen LogP contribution in [0, 0.1) is 11.3 Å². The number of hydrogen-bond donors (Lipinski definition) is 0. The normalized spacial score (nSPS) is 12.8. The van der Waals surface area contributed by atoms with Crippen molar-refractivity contribution in [2.45, 2.75) is 19.3 Å². The summed E-state index contributed by atoms with van der Waals surface area (Å²) in [7, 11) is 0. The Bertz CT molecular complexity index is 1010. The number of fused-ring (bicyclic) bond motifs is 3. The Labute approximate surface area is 131 Å². The highest BCUT2D eigenvalue weighted by Gasteiger charge is 2.19. The molecule has 0 saturated heterocycles. The van der Waals surface area contributed by atoms with Crippen molar-refractivity contribution in [1.29, 1.82) is 5.26 Å². The van der Waals surface area contributed by atoms with Crippen LogP contribution in [0.25, 0.3) is 11.0 Å². The van der Waals surface area contributed by atoms with E-state index in [-0.39, 0.29) is 11.5 Å². The third-order valence-corrected chi connectivity index (χ3v) is 4.05. The van der Waals surface area contributed by atoms with Gasteiger partial charge in [0, 0.05) is 23.2 Å². The summed E-state index contributed by atoms with van der Waals surface area (Å²) in [6.45, 7) is 0. The average molecular weight is 304 g/mol. The van der Waals surface area contributed by atoms with Crippen LogP contribution in [-0.4, -0.2) is 4.98 Å². The largest absolute Gasteiger partial charge is 0.438 e. The minimum absolute atomic E-state index is 0.234. The predicted molar refractivity (Wildman–Crippen MR) is 83.5 cm³/mol. The maximum Gasteiger partial charge on any atom is 0.339 e. The van der Waals surface area contributed by atoms with E-state index in [0.717, 1.165) is 35.8 Å². The maximum atomic E-state index is 12.0. The Morgan fingerprint density at radius 3 is 2.96 bits per heavy atom. The van der Waals surface area contributed by atoms with E-state index in [2.05, 4.69) is 4.98 Å². The fourth-order valence-corrected chi connectivity index (χ4v) is 3.00. The van der Waals surface area contributed by atoms with E-state index in [1.807, 2.05) is 12.1 Å². The first-order valence-corrected chi connectivity index (χ1v) is 7.38. The lowest BCUT2D eigenvalue weighted by Crippen LogP contribution is -2.06. The van der Waals surface area contributed by atoms with E-state index in [4.69, 9.17) is 14.4 Å². The number of hydrogen-bond acceptors (Lipinski definition) is 5. The van der Waals surface area contributed by atoms with E-state index in [0.29, 0.717) is 16.9 Å². The number of ether oxygens (including phenoxy) is 1. The molecule has 23 heavy (non-hydrogen) atoms. The third kappa shape index (κ3) is 2.25. The molecule has 0 radical (unpaired) electrons. The minimum atomic E-state index is -0.266. The quantitative estimate of drug-likeness (QED) is 0.679. The van der Waals surface area contributed by atoms with Gasteiger partial charge >= 0.3 is 5.63 Å². The van der Waals surface area contributed by atoms with Gasteiger partial charge in [0.2, 0.25) is 5.88 Å². The summed E-state index contributed by atoms with van der Waals surface area (Å²) in [4.78, 5) is 16.1. The molecule has 0 aliphatic heterocycles. The molecule has 0 spiro atoms. The zero-order valence-electron chi connectivity index (χ0n) is 12.2. The number of nitriles is 1. The van der Waals surface area contributed by atoms with Crippen LogP contribution in [-0.2, 0) is 12.8 Å². The van der Waals surface area contributed by atoms with Gasteiger partial charge in [-0.1, -0.05) is 0 Å². The van der Waals surface area contributed by atoms with Crippen LogP contribution in [0.15, 0.2) is 45.7 Å². The topological polar surface area (TPSA) is 76.1 Å². The third-order valence-electron chi connectivity index (χ3n) is 4.05. The Morgan fingerprint density at radius 2 is 2.09 bits per heavy atom. The molecule has 0 amide bonds. The molecule has 5 heteroatoms. The van der Waals surface area contributed by atoms with Crippen LogP contribution in [0.3, 0.4) is 0 Å². The highest BCUT2D eigenvalue weighted by molar-refractivity contribution is 5.83. The molecule has 1 aromatic carbocycles. The second kappa shape index (κ2) is 5.25. The van der Waals surface area contributed by atoms with Crippen LogP contribution in [0.1, 0.15) is 23.1 Å². The molecule has 4 rings (SSSR count). The van der Waals surface area contributed by atoms with Crippen molar-refractivity contribution in [3.8, 4) is 17.7 Å². The van der Waals surface area contributed by atoms with Gasteiger partial charge in [-0.15, -0.1) is 0 Å². The molecule has 1 aliphatic carbocycles. The molecule has 1 aliphatic rings. The van der Waals surface area contributed by atoms with Gasteiger partial charge < -0.3 is 9.15 Å². The first-order valence-electron chi connectivity index (χ1n) is 7.38. The van der Waals surface area contributed by atoms with Crippen molar-refractivity contribution >= 4 is 11.0 Å². The Kier molecular flexibility index (Phi) is 3.09. The molecule has 0 N–H and O–H groups in total. The fraction of sp³-hybridized carbons (Fsp3) is 0.167. The lowest BCUT2D eigenvalue weighted by atomic mass is 10.1. The minimum Gasteiger partial charge on any atom is -0.438 e. The molecule has 3 aromatic rings. The number of aryl methyl sites for hydroxylation is 1. The van der Waals surface area contributed by atoms with Crippen molar-refractivity contribution in [3.63, 3.8) is 0 Å². The summed E-state index contributed by atoms with van der Waals surface area (Å²) >= 11 is 0. The summed E-state index contributed by atoms with van der Waals surface area (Å²) in [5, 5.41) is 10.0. The number of rotatable bonds is 2. The Hall–Kier alpha value is -3.13. The van der Waals surface area contributed by atoms with E-state index in [1.165, 1.54) is 0 Å². The average Bonchev–Trinajstić information content (AvgIpc) is 3.06. The van der Waals surface area contributed by atoms with Gasteiger partial charge in [0.25, 0.3) is 0 Å². The molecule has 0 unspecified atom stereocenters. The smallest absolute Gasteiger partial charge is 0.339 e. The predicted octanol–water partition coefficient (Wildman–Crippen LogP) is 3.34. The number of pyridine rings is 1. The summed E-state index contributed by atoms with van der Waals surface area (Å²) in [5.74, 6) is 0.714. The van der Waals surface area contributed by atoms with Gasteiger partial charge in [-0.25, -0.2) is 9.78 Å². The van der Waals surface area contributed by atoms with E-state index in [9.17, 15) is 4.79 Å². The molecule has 0 atom stereocenters. The van der Waals surface area contributed by atoms with E-state index in [1.54, 1.807) is 30.5 Å². The van der Waals surface area contributed by atoms with Crippen LogP contribution < -0.4 is 10.4 Å². The van der Waals surface area contributed by atoms with Crippen LogP contribution in [0.5, 0.6) is 11.6 Å². The van der Waals surface area contributed by atoms with Gasteiger partial charge in [-0.3, -0.25) is 0 Å². The SMILES string of the molecule is N#Cc1cccnc1Oc1ccc2c3c(c(=O)oc2c1)CCC3. The van der Waals surface area contributed by atoms with Crippen molar-refractivity contribution in [1.82, 2.24) is 4.98 Å². The van der Waals surface area contributed by atoms with Gasteiger partial charge in [0.05, 0.1) is 0 Å². The molecule has 112 valence electrons. The molecular formula is C18H12N2O3.